The molecule has 2 rings (SSSR count). The van der Waals surface area contributed by atoms with E-state index in [0.29, 0.717) is 5.02 Å². The minimum atomic E-state index is -3.79. The Balaban J connectivity index is 2.38. The maximum atomic E-state index is 11.9. The Labute approximate surface area is 107 Å². The average molecular weight is 293 g/mol. The molecule has 0 saturated carbocycles. The van der Waals surface area contributed by atoms with Crippen molar-refractivity contribution in [2.75, 3.05) is 4.83 Å². The van der Waals surface area contributed by atoms with Gasteiger partial charge in [-0.2, -0.15) is 8.42 Å². The lowest BCUT2D eigenvalue weighted by Gasteiger charge is -2.08. The first-order valence-corrected chi connectivity index (χ1v) is 6.55. The largest absolute Gasteiger partial charge is 0.276 e. The monoisotopic (exact) mass is 292 g/mol. The molecule has 1 heterocycles. The minimum Gasteiger partial charge on any atom is -0.221 e. The van der Waals surface area contributed by atoms with Gasteiger partial charge in [0.15, 0.2) is 0 Å². The van der Waals surface area contributed by atoms with Crippen LogP contribution in [0.5, 0.6) is 0 Å². The smallest absolute Gasteiger partial charge is 0.221 e. The lowest BCUT2D eigenvalue weighted by atomic mass is 10.4. The third-order valence-electron chi connectivity index (χ3n) is 1.83. The van der Waals surface area contributed by atoms with Gasteiger partial charge in [0.05, 0.1) is 5.02 Å². The van der Waals surface area contributed by atoms with Gasteiger partial charge < -0.3 is 0 Å². The fourth-order valence-corrected chi connectivity index (χ4v) is 2.88. The van der Waals surface area contributed by atoms with Crippen LogP contribution in [-0.2, 0) is 10.0 Å². The van der Waals surface area contributed by atoms with E-state index in [1.54, 1.807) is 0 Å². The van der Waals surface area contributed by atoms with E-state index in [1.165, 1.54) is 30.9 Å². The Bertz CT molecular complexity index is 627. The molecule has 0 amide bonds. The topological polar surface area (TPSA) is 76.9 Å². The van der Waals surface area contributed by atoms with E-state index in [0.717, 1.165) is 4.68 Å². The molecule has 1 aromatic carbocycles. The lowest BCUT2D eigenvalue weighted by Crippen LogP contribution is -2.22. The molecule has 1 N–H and O–H groups in total. The van der Waals surface area contributed by atoms with Crippen molar-refractivity contribution in [3.8, 4) is 0 Å². The Morgan fingerprint density at radius 3 is 2.41 bits per heavy atom. The molecular formula is C8H6Cl2N4O2S. The van der Waals surface area contributed by atoms with Crippen LogP contribution in [0.15, 0.2) is 35.7 Å². The average Bonchev–Trinajstić information content (AvgIpc) is 2.68. The quantitative estimate of drug-likeness (QED) is 0.930. The maximum absolute atomic E-state index is 11.9. The zero-order valence-electron chi connectivity index (χ0n) is 8.21. The molecule has 0 aliphatic rings. The molecule has 0 saturated heterocycles. The lowest BCUT2D eigenvalue weighted by molar-refractivity contribution is 0.595. The minimum absolute atomic E-state index is 0.0399. The van der Waals surface area contributed by atoms with Crippen molar-refractivity contribution in [3.63, 3.8) is 0 Å². The molecule has 6 nitrogen and oxygen atoms in total. The number of nitrogens with zero attached hydrogens (tertiary/aromatic N) is 3. The zero-order valence-corrected chi connectivity index (χ0v) is 10.5. The molecule has 17 heavy (non-hydrogen) atoms. The van der Waals surface area contributed by atoms with Crippen LogP contribution in [0.4, 0.5) is 0 Å². The van der Waals surface area contributed by atoms with Gasteiger partial charge in [0.2, 0.25) is 0 Å². The highest BCUT2D eigenvalue weighted by Crippen LogP contribution is 2.24. The van der Waals surface area contributed by atoms with Gasteiger partial charge in [-0.05, 0) is 18.2 Å². The Morgan fingerprint density at radius 1 is 1.18 bits per heavy atom. The van der Waals surface area contributed by atoms with Crippen LogP contribution in [0, 0.1) is 0 Å². The van der Waals surface area contributed by atoms with Crippen molar-refractivity contribution in [2.45, 2.75) is 4.90 Å². The molecule has 0 radical (unpaired) electrons. The van der Waals surface area contributed by atoms with Crippen molar-refractivity contribution in [1.29, 1.82) is 0 Å². The summed E-state index contributed by atoms with van der Waals surface area (Å²) in [5, 5.41) is 7.34. The summed E-state index contributed by atoms with van der Waals surface area (Å²) >= 11 is 11.5. The SMILES string of the molecule is O=S(=O)(Nn1cnnc1)c1ccc(Cl)cc1Cl. The van der Waals surface area contributed by atoms with Crippen LogP contribution in [0.25, 0.3) is 0 Å². The first kappa shape index (κ1) is 12.2. The predicted molar refractivity (Wildman–Crippen MR) is 63.0 cm³/mol. The van der Waals surface area contributed by atoms with Crippen molar-refractivity contribution in [2.24, 2.45) is 0 Å². The van der Waals surface area contributed by atoms with E-state index in [9.17, 15) is 8.42 Å². The molecule has 0 unspecified atom stereocenters. The van der Waals surface area contributed by atoms with Gasteiger partial charge in [0.1, 0.15) is 17.6 Å². The van der Waals surface area contributed by atoms with Gasteiger partial charge >= 0.3 is 0 Å². The second-order valence-corrected chi connectivity index (χ2v) is 5.51. The van der Waals surface area contributed by atoms with E-state index >= 15 is 0 Å². The van der Waals surface area contributed by atoms with E-state index in [1.807, 2.05) is 0 Å². The van der Waals surface area contributed by atoms with Crippen LogP contribution in [0.3, 0.4) is 0 Å². The highest BCUT2D eigenvalue weighted by molar-refractivity contribution is 7.92. The molecule has 0 aliphatic carbocycles. The molecule has 1 aromatic heterocycles. The van der Waals surface area contributed by atoms with E-state index < -0.39 is 10.0 Å². The molecule has 0 atom stereocenters. The molecule has 90 valence electrons. The van der Waals surface area contributed by atoms with Gasteiger partial charge in [0, 0.05) is 5.02 Å². The summed E-state index contributed by atoms with van der Waals surface area (Å²) in [5.74, 6) is 0. The molecular weight excluding hydrogens is 287 g/mol. The van der Waals surface area contributed by atoms with Crippen molar-refractivity contribution in [3.05, 3.63) is 40.9 Å². The molecule has 0 aliphatic heterocycles. The summed E-state index contributed by atoms with van der Waals surface area (Å²) in [6.07, 6.45) is 2.42. The van der Waals surface area contributed by atoms with Crippen LogP contribution in [0.1, 0.15) is 0 Å². The van der Waals surface area contributed by atoms with Crippen LogP contribution >= 0.6 is 23.2 Å². The standard InChI is InChI=1S/C8H6Cl2N4O2S/c9-6-1-2-8(7(10)3-6)17(15,16)13-14-4-11-12-5-14/h1-5,13H. The highest BCUT2D eigenvalue weighted by Gasteiger charge is 2.18. The Hall–Kier alpha value is -1.31. The van der Waals surface area contributed by atoms with Gasteiger partial charge in [-0.25, -0.2) is 9.51 Å². The maximum Gasteiger partial charge on any atom is 0.276 e. The predicted octanol–water partition coefficient (Wildman–Crippen LogP) is 1.52. The van der Waals surface area contributed by atoms with Gasteiger partial charge in [-0.1, -0.05) is 23.2 Å². The number of halogens is 2. The van der Waals surface area contributed by atoms with Crippen LogP contribution in [-0.4, -0.2) is 23.3 Å². The number of hydrogen-bond acceptors (Lipinski definition) is 4. The molecule has 0 spiro atoms. The first-order chi connectivity index (χ1) is 7.99. The number of nitrogens with one attached hydrogen (secondary N) is 1. The summed E-state index contributed by atoms with van der Waals surface area (Å²) in [6, 6.07) is 4.11. The molecule has 9 heteroatoms. The van der Waals surface area contributed by atoms with Gasteiger partial charge in [0.25, 0.3) is 10.0 Å². The Morgan fingerprint density at radius 2 is 1.82 bits per heavy atom. The van der Waals surface area contributed by atoms with E-state index in [-0.39, 0.29) is 9.92 Å². The van der Waals surface area contributed by atoms with Crippen LogP contribution < -0.4 is 4.83 Å². The Kier molecular flexibility index (Phi) is 3.23. The summed E-state index contributed by atoms with van der Waals surface area (Å²) in [6.45, 7) is 0. The molecule has 0 bridgehead atoms. The number of hydrogen-bond donors (Lipinski definition) is 1. The third-order valence-corrected chi connectivity index (χ3v) is 3.87. The molecule has 0 fully saturated rings. The fourth-order valence-electron chi connectivity index (χ4n) is 1.13. The second-order valence-electron chi connectivity index (χ2n) is 3.04. The number of aromatic nitrogens is 3. The van der Waals surface area contributed by atoms with Crippen molar-refractivity contribution < 1.29 is 8.42 Å². The zero-order chi connectivity index (χ0) is 12.5. The summed E-state index contributed by atoms with van der Waals surface area (Å²) in [4.78, 5) is 2.14. The number of rotatable bonds is 3. The third kappa shape index (κ3) is 2.68. The number of benzene rings is 1. The summed E-state index contributed by atoms with van der Waals surface area (Å²) < 4.78 is 24.9. The number of sulfonamides is 1. The summed E-state index contributed by atoms with van der Waals surface area (Å²) in [7, 11) is -3.79. The normalized spacial score (nSPS) is 11.4. The second kappa shape index (κ2) is 4.52. The molecule has 2 aromatic rings. The fraction of sp³-hybridized carbons (Fsp3) is 0. The van der Waals surface area contributed by atoms with E-state index in [2.05, 4.69) is 15.0 Å². The van der Waals surface area contributed by atoms with Gasteiger partial charge in [-0.15, -0.1) is 10.2 Å². The van der Waals surface area contributed by atoms with Crippen molar-refractivity contribution >= 4 is 33.2 Å². The summed E-state index contributed by atoms with van der Waals surface area (Å²) in [5.41, 5.74) is 0. The van der Waals surface area contributed by atoms with Gasteiger partial charge in [-0.3, -0.25) is 0 Å². The van der Waals surface area contributed by atoms with Crippen LogP contribution in [0.2, 0.25) is 10.0 Å². The van der Waals surface area contributed by atoms with E-state index in [4.69, 9.17) is 23.2 Å². The van der Waals surface area contributed by atoms with Crippen molar-refractivity contribution in [1.82, 2.24) is 14.9 Å². The first-order valence-electron chi connectivity index (χ1n) is 4.31. The highest BCUT2D eigenvalue weighted by atomic mass is 35.5.